The largest absolute Gasteiger partial charge is 0.506 e. The molecule has 5 heteroatoms. The van der Waals surface area contributed by atoms with E-state index in [1.165, 1.54) is 0 Å². The van der Waals surface area contributed by atoms with Crippen LogP contribution in [0.3, 0.4) is 0 Å². The van der Waals surface area contributed by atoms with Crippen molar-refractivity contribution in [3.05, 3.63) is 16.1 Å². The fraction of sp³-hybridized carbons (Fsp3) is 0.571. The minimum Gasteiger partial charge on any atom is -0.506 e. The standard InChI is InChI=1S/C14H18BrNO3/c15-9-7-10-13(19-6-5-18-10)11(12(9)17)14(8-16)3-1-2-4-14/h7,17H,1-6,8,16H2. The van der Waals surface area contributed by atoms with Gasteiger partial charge in [-0.2, -0.15) is 0 Å². The Morgan fingerprint density at radius 2 is 1.95 bits per heavy atom. The molecule has 104 valence electrons. The molecule has 0 bridgehead atoms. The van der Waals surface area contributed by atoms with Gasteiger partial charge in [0.05, 0.1) is 4.47 Å². The second kappa shape index (κ2) is 4.87. The summed E-state index contributed by atoms with van der Waals surface area (Å²) in [5.74, 6) is 1.63. The lowest BCUT2D eigenvalue weighted by atomic mass is 9.77. The van der Waals surface area contributed by atoms with E-state index in [9.17, 15) is 5.11 Å². The van der Waals surface area contributed by atoms with Crippen molar-refractivity contribution in [3.8, 4) is 17.2 Å². The second-order valence-electron chi connectivity index (χ2n) is 5.30. The van der Waals surface area contributed by atoms with Crippen LogP contribution in [0.25, 0.3) is 0 Å². The van der Waals surface area contributed by atoms with Crippen molar-refractivity contribution in [2.75, 3.05) is 19.8 Å². The third-order valence-corrected chi connectivity index (χ3v) is 4.85. The smallest absolute Gasteiger partial charge is 0.168 e. The van der Waals surface area contributed by atoms with E-state index in [0.29, 0.717) is 35.7 Å². The molecule has 19 heavy (non-hydrogen) atoms. The van der Waals surface area contributed by atoms with E-state index in [1.54, 1.807) is 6.07 Å². The van der Waals surface area contributed by atoms with Crippen molar-refractivity contribution in [1.29, 1.82) is 0 Å². The molecule has 3 N–H and O–H groups in total. The van der Waals surface area contributed by atoms with Crippen LogP contribution in [0.15, 0.2) is 10.5 Å². The summed E-state index contributed by atoms with van der Waals surface area (Å²) in [6, 6.07) is 1.77. The molecule has 0 saturated heterocycles. The summed E-state index contributed by atoms with van der Waals surface area (Å²) in [6.07, 6.45) is 4.25. The highest BCUT2D eigenvalue weighted by atomic mass is 79.9. The van der Waals surface area contributed by atoms with Gasteiger partial charge in [-0.25, -0.2) is 0 Å². The fourth-order valence-corrected chi connectivity index (χ4v) is 3.65. The number of hydrogen-bond donors (Lipinski definition) is 2. The molecule has 0 radical (unpaired) electrons. The van der Waals surface area contributed by atoms with Gasteiger partial charge in [0, 0.05) is 23.6 Å². The van der Waals surface area contributed by atoms with Crippen LogP contribution < -0.4 is 15.2 Å². The Balaban J connectivity index is 2.21. The van der Waals surface area contributed by atoms with Gasteiger partial charge in [0.25, 0.3) is 0 Å². The highest BCUT2D eigenvalue weighted by Gasteiger charge is 2.41. The maximum Gasteiger partial charge on any atom is 0.168 e. The SMILES string of the molecule is NCC1(c2c(O)c(Br)cc3c2OCCO3)CCCC1. The van der Waals surface area contributed by atoms with Crippen LogP contribution in [0.4, 0.5) is 0 Å². The number of ether oxygens (including phenoxy) is 2. The van der Waals surface area contributed by atoms with Crippen molar-refractivity contribution in [2.45, 2.75) is 31.1 Å². The molecule has 1 saturated carbocycles. The molecular weight excluding hydrogens is 310 g/mol. The van der Waals surface area contributed by atoms with Crippen molar-refractivity contribution < 1.29 is 14.6 Å². The van der Waals surface area contributed by atoms with Gasteiger partial charge in [0.15, 0.2) is 11.5 Å². The lowest BCUT2D eigenvalue weighted by Gasteiger charge is -2.33. The van der Waals surface area contributed by atoms with E-state index in [0.717, 1.165) is 31.2 Å². The van der Waals surface area contributed by atoms with Crippen LogP contribution in [0, 0.1) is 0 Å². The van der Waals surface area contributed by atoms with E-state index in [-0.39, 0.29) is 11.2 Å². The van der Waals surface area contributed by atoms with E-state index < -0.39 is 0 Å². The molecular formula is C14H18BrNO3. The Hall–Kier alpha value is -0.940. The summed E-state index contributed by atoms with van der Waals surface area (Å²) in [4.78, 5) is 0. The van der Waals surface area contributed by atoms with Gasteiger partial charge >= 0.3 is 0 Å². The maximum absolute atomic E-state index is 10.5. The third-order valence-electron chi connectivity index (χ3n) is 4.24. The molecule has 1 aliphatic carbocycles. The topological polar surface area (TPSA) is 64.7 Å². The molecule has 1 aromatic rings. The van der Waals surface area contributed by atoms with E-state index in [4.69, 9.17) is 15.2 Å². The Morgan fingerprint density at radius 1 is 1.26 bits per heavy atom. The molecule has 0 aromatic heterocycles. The fourth-order valence-electron chi connectivity index (χ4n) is 3.24. The number of hydrogen-bond acceptors (Lipinski definition) is 4. The first-order valence-electron chi connectivity index (χ1n) is 6.69. The van der Waals surface area contributed by atoms with Gasteiger partial charge < -0.3 is 20.3 Å². The molecule has 3 rings (SSSR count). The Kier molecular flexibility index (Phi) is 3.35. The van der Waals surface area contributed by atoms with Gasteiger partial charge in [0.1, 0.15) is 19.0 Å². The molecule has 4 nitrogen and oxygen atoms in total. The summed E-state index contributed by atoms with van der Waals surface area (Å²) in [7, 11) is 0. The molecule has 1 aromatic carbocycles. The number of benzene rings is 1. The summed E-state index contributed by atoms with van der Waals surface area (Å²) in [5, 5.41) is 10.5. The zero-order chi connectivity index (χ0) is 13.5. The molecule has 1 heterocycles. The van der Waals surface area contributed by atoms with Crippen LogP contribution in [-0.4, -0.2) is 24.9 Å². The summed E-state index contributed by atoms with van der Waals surface area (Å²) in [6.45, 7) is 1.58. The van der Waals surface area contributed by atoms with E-state index >= 15 is 0 Å². The molecule has 0 spiro atoms. The molecule has 1 fully saturated rings. The number of rotatable bonds is 2. The Bertz CT molecular complexity index is 498. The number of nitrogens with two attached hydrogens (primary N) is 1. The van der Waals surface area contributed by atoms with E-state index in [1.807, 2.05) is 0 Å². The van der Waals surface area contributed by atoms with Crippen LogP contribution in [0.2, 0.25) is 0 Å². The summed E-state index contributed by atoms with van der Waals surface area (Å²) in [5.41, 5.74) is 6.68. The number of fused-ring (bicyclic) bond motifs is 1. The van der Waals surface area contributed by atoms with E-state index in [2.05, 4.69) is 15.9 Å². The third kappa shape index (κ3) is 1.99. The van der Waals surface area contributed by atoms with Gasteiger partial charge in [-0.15, -0.1) is 0 Å². The molecule has 0 atom stereocenters. The molecule has 0 amide bonds. The lowest BCUT2D eigenvalue weighted by Crippen LogP contribution is -2.33. The van der Waals surface area contributed by atoms with Gasteiger partial charge in [-0.3, -0.25) is 0 Å². The summed E-state index contributed by atoms with van der Waals surface area (Å²) >= 11 is 3.40. The normalized spacial score (nSPS) is 20.5. The van der Waals surface area contributed by atoms with Crippen LogP contribution in [0.5, 0.6) is 17.2 Å². The highest BCUT2D eigenvalue weighted by Crippen LogP contribution is 2.53. The van der Waals surface area contributed by atoms with Gasteiger partial charge in [0.2, 0.25) is 0 Å². The quantitative estimate of drug-likeness (QED) is 0.876. The van der Waals surface area contributed by atoms with Crippen molar-refractivity contribution in [2.24, 2.45) is 5.73 Å². The number of aromatic hydroxyl groups is 1. The Morgan fingerprint density at radius 3 is 2.63 bits per heavy atom. The first kappa shape index (κ1) is 13.1. The first-order chi connectivity index (χ1) is 9.18. The monoisotopic (exact) mass is 327 g/mol. The zero-order valence-corrected chi connectivity index (χ0v) is 12.3. The molecule has 1 aliphatic heterocycles. The number of phenols is 1. The highest BCUT2D eigenvalue weighted by molar-refractivity contribution is 9.10. The lowest BCUT2D eigenvalue weighted by molar-refractivity contribution is 0.165. The first-order valence-corrected chi connectivity index (χ1v) is 7.49. The van der Waals surface area contributed by atoms with Gasteiger partial charge in [-0.1, -0.05) is 12.8 Å². The predicted octanol–water partition coefficient (Wildman–Crippen LogP) is 2.70. The summed E-state index contributed by atoms with van der Waals surface area (Å²) < 4.78 is 12.1. The van der Waals surface area contributed by atoms with Crippen LogP contribution in [-0.2, 0) is 5.41 Å². The van der Waals surface area contributed by atoms with Gasteiger partial charge in [-0.05, 0) is 28.8 Å². The van der Waals surface area contributed by atoms with Crippen LogP contribution >= 0.6 is 15.9 Å². The van der Waals surface area contributed by atoms with Crippen molar-refractivity contribution in [1.82, 2.24) is 0 Å². The predicted molar refractivity (Wildman–Crippen MR) is 76.0 cm³/mol. The van der Waals surface area contributed by atoms with Crippen molar-refractivity contribution in [3.63, 3.8) is 0 Å². The average Bonchev–Trinajstić information content (AvgIpc) is 2.90. The average molecular weight is 328 g/mol. The van der Waals surface area contributed by atoms with Crippen molar-refractivity contribution >= 4 is 15.9 Å². The van der Waals surface area contributed by atoms with Crippen LogP contribution in [0.1, 0.15) is 31.2 Å². The molecule has 2 aliphatic rings. The minimum absolute atomic E-state index is 0.182. The Labute approximate surface area is 121 Å². The second-order valence-corrected chi connectivity index (χ2v) is 6.15. The minimum atomic E-state index is -0.182. The number of halogens is 1. The molecule has 0 unspecified atom stereocenters. The zero-order valence-electron chi connectivity index (χ0n) is 10.7. The maximum atomic E-state index is 10.5. The number of phenolic OH excluding ortho intramolecular Hbond substituents is 1.